The molecule has 0 aromatic carbocycles. The van der Waals surface area contributed by atoms with Crippen LogP contribution in [0.4, 0.5) is 0 Å². The minimum Gasteiger partial charge on any atom is -0.310 e. The Hall–Kier alpha value is -1.42. The molecule has 2 heterocycles. The molecule has 4 nitrogen and oxygen atoms in total. The molecule has 0 saturated carbocycles. The van der Waals surface area contributed by atoms with Gasteiger partial charge in [-0.1, -0.05) is 25.4 Å². The van der Waals surface area contributed by atoms with Gasteiger partial charge in [0.1, 0.15) is 11.3 Å². The number of nitrogens with zero attached hydrogens (tertiary/aromatic N) is 2. The van der Waals surface area contributed by atoms with E-state index >= 15 is 0 Å². The molecule has 0 aliphatic heterocycles. The van der Waals surface area contributed by atoms with Gasteiger partial charge in [-0.25, -0.2) is 9.97 Å². The van der Waals surface area contributed by atoms with Crippen molar-refractivity contribution in [2.75, 3.05) is 0 Å². The summed E-state index contributed by atoms with van der Waals surface area (Å²) < 4.78 is 0. The lowest BCUT2D eigenvalue weighted by atomic mass is 10.2. The van der Waals surface area contributed by atoms with Gasteiger partial charge in [0.15, 0.2) is 5.15 Å². The molecule has 84 valence electrons. The van der Waals surface area contributed by atoms with Gasteiger partial charge >= 0.3 is 0 Å². The first-order valence-electron chi connectivity index (χ1n) is 5.06. The number of hydrogen-bond donors (Lipinski definition) is 1. The second-order valence-electron chi connectivity index (χ2n) is 4.06. The molecular weight excluding hydrogens is 226 g/mol. The van der Waals surface area contributed by atoms with E-state index in [1.54, 1.807) is 13.0 Å². The number of H-pyrrole nitrogens is 1. The van der Waals surface area contributed by atoms with Crippen molar-refractivity contribution < 1.29 is 0 Å². The molecule has 0 radical (unpaired) electrons. The molecule has 0 saturated heterocycles. The second-order valence-corrected chi connectivity index (χ2v) is 4.41. The Morgan fingerprint density at radius 1 is 1.38 bits per heavy atom. The van der Waals surface area contributed by atoms with Crippen LogP contribution in [-0.2, 0) is 0 Å². The Morgan fingerprint density at radius 3 is 2.69 bits per heavy atom. The van der Waals surface area contributed by atoms with Crippen LogP contribution in [0, 0.1) is 6.92 Å². The highest BCUT2D eigenvalue weighted by Gasteiger charge is 2.10. The highest BCUT2D eigenvalue weighted by atomic mass is 35.5. The third kappa shape index (κ3) is 1.80. The molecule has 0 amide bonds. The fourth-order valence-corrected chi connectivity index (χ4v) is 1.79. The molecule has 0 spiro atoms. The van der Waals surface area contributed by atoms with Crippen LogP contribution in [0.2, 0.25) is 5.15 Å². The minimum atomic E-state index is -0.166. The summed E-state index contributed by atoms with van der Waals surface area (Å²) in [6.45, 7) is 5.71. The van der Waals surface area contributed by atoms with E-state index in [4.69, 9.17) is 11.6 Å². The van der Waals surface area contributed by atoms with Crippen LogP contribution in [0.3, 0.4) is 0 Å². The van der Waals surface area contributed by atoms with E-state index < -0.39 is 0 Å². The van der Waals surface area contributed by atoms with Crippen molar-refractivity contribution in [2.24, 2.45) is 0 Å². The van der Waals surface area contributed by atoms with Crippen LogP contribution in [0.5, 0.6) is 0 Å². The molecule has 5 heteroatoms. The Kier molecular flexibility index (Phi) is 2.68. The SMILES string of the molecule is Cc1cc2c(=O)[nH]c(C(C)C)nc2c(Cl)n1. The number of aromatic nitrogens is 3. The van der Waals surface area contributed by atoms with Gasteiger partial charge in [-0.2, -0.15) is 0 Å². The summed E-state index contributed by atoms with van der Waals surface area (Å²) in [4.78, 5) is 23.0. The number of aromatic amines is 1. The Labute approximate surface area is 97.7 Å². The smallest absolute Gasteiger partial charge is 0.258 e. The van der Waals surface area contributed by atoms with Gasteiger partial charge in [-0.3, -0.25) is 4.79 Å². The quantitative estimate of drug-likeness (QED) is 0.775. The first kappa shape index (κ1) is 11.1. The predicted octanol–water partition coefficient (Wildman–Crippen LogP) is 2.40. The van der Waals surface area contributed by atoms with Crippen molar-refractivity contribution in [3.8, 4) is 0 Å². The van der Waals surface area contributed by atoms with E-state index in [9.17, 15) is 4.79 Å². The summed E-state index contributed by atoms with van der Waals surface area (Å²) >= 11 is 5.98. The first-order valence-corrected chi connectivity index (χ1v) is 5.44. The van der Waals surface area contributed by atoms with Gasteiger partial charge in [-0.05, 0) is 13.0 Å². The Bertz CT molecular complexity index is 604. The highest BCUT2D eigenvalue weighted by molar-refractivity contribution is 6.33. The van der Waals surface area contributed by atoms with Crippen molar-refractivity contribution in [3.05, 3.63) is 33.1 Å². The number of aryl methyl sites for hydroxylation is 1. The average Bonchev–Trinajstić information content (AvgIpc) is 2.19. The lowest BCUT2D eigenvalue weighted by Gasteiger charge is -2.06. The first-order chi connectivity index (χ1) is 7.49. The van der Waals surface area contributed by atoms with Crippen molar-refractivity contribution in [3.63, 3.8) is 0 Å². The van der Waals surface area contributed by atoms with Crippen molar-refractivity contribution in [1.82, 2.24) is 15.0 Å². The fraction of sp³-hybridized carbons (Fsp3) is 0.364. The monoisotopic (exact) mass is 237 g/mol. The highest BCUT2D eigenvalue weighted by Crippen LogP contribution is 2.19. The minimum absolute atomic E-state index is 0.148. The zero-order valence-corrected chi connectivity index (χ0v) is 10.1. The van der Waals surface area contributed by atoms with Crippen LogP contribution >= 0.6 is 11.6 Å². The van der Waals surface area contributed by atoms with Gasteiger partial charge in [-0.15, -0.1) is 0 Å². The largest absolute Gasteiger partial charge is 0.310 e. The standard InChI is InChI=1S/C11H12ClN3O/c1-5(2)10-14-8-7(11(16)15-10)4-6(3)13-9(8)12/h4-5H,1-3H3,(H,14,15,16). The number of halogens is 1. The maximum Gasteiger partial charge on any atom is 0.258 e. The molecule has 1 N–H and O–H groups in total. The summed E-state index contributed by atoms with van der Waals surface area (Å²) in [5.74, 6) is 0.777. The molecule has 0 atom stereocenters. The average molecular weight is 238 g/mol. The van der Waals surface area contributed by atoms with E-state index in [1.807, 2.05) is 13.8 Å². The summed E-state index contributed by atoms with van der Waals surface area (Å²) in [7, 11) is 0. The molecule has 0 aliphatic carbocycles. The third-order valence-corrected chi connectivity index (χ3v) is 2.61. The van der Waals surface area contributed by atoms with Gasteiger partial charge in [0.25, 0.3) is 5.56 Å². The number of rotatable bonds is 1. The maximum atomic E-state index is 11.8. The second kappa shape index (κ2) is 3.87. The molecule has 0 bridgehead atoms. The van der Waals surface area contributed by atoms with Gasteiger partial charge in [0.05, 0.1) is 5.39 Å². The van der Waals surface area contributed by atoms with E-state index in [1.165, 1.54) is 0 Å². The van der Waals surface area contributed by atoms with E-state index in [-0.39, 0.29) is 16.6 Å². The topological polar surface area (TPSA) is 58.6 Å². The number of nitrogens with one attached hydrogen (secondary N) is 1. The van der Waals surface area contributed by atoms with E-state index in [0.29, 0.717) is 22.4 Å². The number of fused-ring (bicyclic) bond motifs is 1. The molecule has 2 aromatic rings. The summed E-state index contributed by atoms with van der Waals surface area (Å²) in [5, 5.41) is 0.768. The van der Waals surface area contributed by atoms with Gasteiger partial charge in [0, 0.05) is 11.6 Å². The van der Waals surface area contributed by atoms with Crippen LogP contribution < -0.4 is 5.56 Å². The zero-order chi connectivity index (χ0) is 11.9. The molecule has 0 aliphatic rings. The molecule has 0 unspecified atom stereocenters. The van der Waals surface area contributed by atoms with Gasteiger partial charge in [0.2, 0.25) is 0 Å². The van der Waals surface area contributed by atoms with E-state index in [0.717, 1.165) is 0 Å². The summed E-state index contributed by atoms with van der Waals surface area (Å²) in [6, 6.07) is 1.69. The number of hydrogen-bond acceptors (Lipinski definition) is 3. The lowest BCUT2D eigenvalue weighted by molar-refractivity contribution is 0.776. The van der Waals surface area contributed by atoms with Crippen molar-refractivity contribution in [1.29, 1.82) is 0 Å². The Balaban J connectivity index is 2.87. The number of pyridine rings is 1. The predicted molar refractivity (Wildman–Crippen MR) is 64.0 cm³/mol. The van der Waals surface area contributed by atoms with Crippen LogP contribution in [0.15, 0.2) is 10.9 Å². The van der Waals surface area contributed by atoms with Crippen LogP contribution in [0.1, 0.15) is 31.3 Å². The molecule has 2 rings (SSSR count). The third-order valence-electron chi connectivity index (χ3n) is 2.34. The summed E-state index contributed by atoms with van der Waals surface area (Å²) in [5.41, 5.74) is 1.02. The molecule has 0 fully saturated rings. The van der Waals surface area contributed by atoms with Crippen molar-refractivity contribution in [2.45, 2.75) is 26.7 Å². The molecule has 2 aromatic heterocycles. The summed E-state index contributed by atoms with van der Waals surface area (Å²) in [6.07, 6.45) is 0. The van der Waals surface area contributed by atoms with E-state index in [2.05, 4.69) is 15.0 Å². The normalized spacial score (nSPS) is 11.3. The van der Waals surface area contributed by atoms with Gasteiger partial charge < -0.3 is 4.98 Å². The van der Waals surface area contributed by atoms with Crippen LogP contribution in [0.25, 0.3) is 10.9 Å². The Morgan fingerprint density at radius 2 is 2.06 bits per heavy atom. The molecule has 16 heavy (non-hydrogen) atoms. The zero-order valence-electron chi connectivity index (χ0n) is 9.34. The van der Waals surface area contributed by atoms with Crippen LogP contribution in [-0.4, -0.2) is 15.0 Å². The molecular formula is C11H12ClN3O. The fourth-order valence-electron chi connectivity index (χ4n) is 1.51. The van der Waals surface area contributed by atoms with Crippen molar-refractivity contribution >= 4 is 22.5 Å². The lowest BCUT2D eigenvalue weighted by Crippen LogP contribution is -2.13. The maximum absolute atomic E-state index is 11.8.